The van der Waals surface area contributed by atoms with Gasteiger partial charge >= 0.3 is 0 Å². The van der Waals surface area contributed by atoms with Gasteiger partial charge in [-0.3, -0.25) is 9.69 Å². The van der Waals surface area contributed by atoms with Gasteiger partial charge < -0.3 is 10.6 Å². The van der Waals surface area contributed by atoms with Gasteiger partial charge in [0.2, 0.25) is 5.91 Å². The first kappa shape index (κ1) is 12.0. The van der Waals surface area contributed by atoms with Crippen molar-refractivity contribution >= 4 is 11.7 Å². The molecule has 1 aliphatic rings. The molecule has 1 aromatic rings. The van der Waals surface area contributed by atoms with Gasteiger partial charge in [-0.25, -0.2) is 4.98 Å². The Morgan fingerprint density at radius 2 is 2.24 bits per heavy atom. The maximum atomic E-state index is 11.8. The van der Waals surface area contributed by atoms with E-state index in [4.69, 9.17) is 0 Å². The van der Waals surface area contributed by atoms with Crippen molar-refractivity contribution in [1.29, 1.82) is 0 Å². The number of hydrogen-bond acceptors (Lipinski definition) is 4. The van der Waals surface area contributed by atoms with Gasteiger partial charge in [-0.2, -0.15) is 0 Å². The van der Waals surface area contributed by atoms with Crippen LogP contribution in [0.1, 0.15) is 5.69 Å². The lowest BCUT2D eigenvalue weighted by molar-refractivity contribution is -0.117. The summed E-state index contributed by atoms with van der Waals surface area (Å²) >= 11 is 0. The molecular weight excluding hydrogens is 216 g/mol. The summed E-state index contributed by atoms with van der Waals surface area (Å²) in [4.78, 5) is 18.2. The van der Waals surface area contributed by atoms with Crippen LogP contribution in [-0.4, -0.2) is 48.5 Å². The minimum atomic E-state index is 0.00463. The highest BCUT2D eigenvalue weighted by Gasteiger charge is 2.13. The maximum absolute atomic E-state index is 11.8. The molecule has 1 fully saturated rings. The number of amides is 1. The molecule has 92 valence electrons. The van der Waals surface area contributed by atoms with E-state index in [1.54, 1.807) is 0 Å². The molecule has 1 saturated heterocycles. The van der Waals surface area contributed by atoms with Gasteiger partial charge in [-0.1, -0.05) is 6.07 Å². The van der Waals surface area contributed by atoms with Crippen molar-refractivity contribution in [2.75, 3.05) is 38.0 Å². The third-order valence-corrected chi connectivity index (χ3v) is 2.73. The summed E-state index contributed by atoms with van der Waals surface area (Å²) in [5.74, 6) is 0.634. The molecule has 17 heavy (non-hydrogen) atoms. The first-order valence-electron chi connectivity index (χ1n) is 5.90. The van der Waals surface area contributed by atoms with Crippen molar-refractivity contribution in [2.45, 2.75) is 6.92 Å². The lowest BCUT2D eigenvalue weighted by Crippen LogP contribution is -2.46. The minimum absolute atomic E-state index is 0.00463. The summed E-state index contributed by atoms with van der Waals surface area (Å²) in [5, 5.41) is 6.08. The van der Waals surface area contributed by atoms with Gasteiger partial charge in [-0.15, -0.1) is 0 Å². The molecular formula is C12H18N4O. The average molecular weight is 234 g/mol. The molecule has 1 amide bonds. The van der Waals surface area contributed by atoms with Gasteiger partial charge in [0.15, 0.2) is 0 Å². The standard InChI is InChI=1S/C12H18N4O/c1-10-3-2-4-11(14-10)15-12(17)9-16-7-5-13-6-8-16/h2-4,13H,5-9H2,1H3,(H,14,15,17). The molecule has 1 aliphatic heterocycles. The van der Waals surface area contributed by atoms with Crippen molar-refractivity contribution in [3.63, 3.8) is 0 Å². The number of rotatable bonds is 3. The average Bonchev–Trinajstić information content (AvgIpc) is 2.30. The maximum Gasteiger partial charge on any atom is 0.239 e. The molecule has 0 radical (unpaired) electrons. The van der Waals surface area contributed by atoms with Crippen LogP contribution in [-0.2, 0) is 4.79 Å². The number of carbonyl (C=O) groups excluding carboxylic acids is 1. The molecule has 0 spiro atoms. The lowest BCUT2D eigenvalue weighted by atomic mass is 10.3. The Hall–Kier alpha value is -1.46. The zero-order valence-electron chi connectivity index (χ0n) is 10.1. The highest BCUT2D eigenvalue weighted by molar-refractivity contribution is 5.91. The zero-order valence-corrected chi connectivity index (χ0v) is 10.1. The normalized spacial score (nSPS) is 16.8. The van der Waals surface area contributed by atoms with Gasteiger partial charge in [-0.05, 0) is 19.1 Å². The summed E-state index contributed by atoms with van der Waals surface area (Å²) in [6, 6.07) is 5.61. The molecule has 2 N–H and O–H groups in total. The summed E-state index contributed by atoms with van der Waals surface area (Å²) in [5.41, 5.74) is 0.907. The number of nitrogens with zero attached hydrogens (tertiary/aromatic N) is 2. The molecule has 0 bridgehead atoms. The third-order valence-electron chi connectivity index (χ3n) is 2.73. The van der Waals surface area contributed by atoms with E-state index in [1.165, 1.54) is 0 Å². The van der Waals surface area contributed by atoms with E-state index in [2.05, 4.69) is 20.5 Å². The second-order valence-corrected chi connectivity index (χ2v) is 4.24. The summed E-state index contributed by atoms with van der Waals surface area (Å²) in [6.07, 6.45) is 0. The summed E-state index contributed by atoms with van der Waals surface area (Å²) in [7, 11) is 0. The first-order chi connectivity index (χ1) is 8.24. The number of hydrogen-bond donors (Lipinski definition) is 2. The number of nitrogens with one attached hydrogen (secondary N) is 2. The fourth-order valence-corrected chi connectivity index (χ4v) is 1.87. The minimum Gasteiger partial charge on any atom is -0.314 e. The highest BCUT2D eigenvalue weighted by atomic mass is 16.2. The number of carbonyl (C=O) groups is 1. The number of aryl methyl sites for hydroxylation is 1. The second kappa shape index (κ2) is 5.75. The van der Waals surface area contributed by atoms with Gasteiger partial charge in [0.05, 0.1) is 6.54 Å². The molecule has 0 saturated carbocycles. The van der Waals surface area contributed by atoms with Crippen LogP contribution in [0.15, 0.2) is 18.2 Å². The van der Waals surface area contributed by atoms with E-state index in [0.717, 1.165) is 31.9 Å². The Morgan fingerprint density at radius 1 is 1.47 bits per heavy atom. The Labute approximate surface area is 101 Å². The Morgan fingerprint density at radius 3 is 2.94 bits per heavy atom. The lowest BCUT2D eigenvalue weighted by Gasteiger charge is -2.26. The fourth-order valence-electron chi connectivity index (χ4n) is 1.87. The molecule has 5 heteroatoms. The molecule has 0 atom stereocenters. The van der Waals surface area contributed by atoms with Crippen LogP contribution in [0.4, 0.5) is 5.82 Å². The van der Waals surface area contributed by atoms with E-state index >= 15 is 0 Å². The van der Waals surface area contributed by atoms with Crippen molar-refractivity contribution in [3.05, 3.63) is 23.9 Å². The molecule has 1 aromatic heterocycles. The molecule has 2 rings (SSSR count). The predicted molar refractivity (Wildman–Crippen MR) is 66.9 cm³/mol. The van der Waals surface area contributed by atoms with Crippen LogP contribution >= 0.6 is 0 Å². The van der Waals surface area contributed by atoms with Crippen molar-refractivity contribution in [1.82, 2.24) is 15.2 Å². The van der Waals surface area contributed by atoms with Gasteiger partial charge in [0.1, 0.15) is 5.82 Å². The van der Waals surface area contributed by atoms with Crippen molar-refractivity contribution in [2.24, 2.45) is 0 Å². The SMILES string of the molecule is Cc1cccc(NC(=O)CN2CCNCC2)n1. The van der Waals surface area contributed by atoms with E-state index in [1.807, 2.05) is 25.1 Å². The van der Waals surface area contributed by atoms with Crippen LogP contribution in [0.5, 0.6) is 0 Å². The highest BCUT2D eigenvalue weighted by Crippen LogP contribution is 2.04. The molecule has 0 unspecified atom stereocenters. The van der Waals surface area contributed by atoms with Crippen LogP contribution in [0.2, 0.25) is 0 Å². The Balaban J connectivity index is 1.84. The van der Waals surface area contributed by atoms with Crippen molar-refractivity contribution in [3.8, 4) is 0 Å². The van der Waals surface area contributed by atoms with E-state index in [-0.39, 0.29) is 5.91 Å². The molecule has 2 heterocycles. The monoisotopic (exact) mass is 234 g/mol. The third kappa shape index (κ3) is 3.80. The van der Waals surface area contributed by atoms with E-state index in [0.29, 0.717) is 12.4 Å². The van der Waals surface area contributed by atoms with Crippen LogP contribution in [0.3, 0.4) is 0 Å². The topological polar surface area (TPSA) is 57.3 Å². The van der Waals surface area contributed by atoms with E-state index < -0.39 is 0 Å². The van der Waals surface area contributed by atoms with Gasteiger partial charge in [0, 0.05) is 31.9 Å². The fraction of sp³-hybridized carbons (Fsp3) is 0.500. The number of aromatic nitrogens is 1. The van der Waals surface area contributed by atoms with Crippen molar-refractivity contribution < 1.29 is 4.79 Å². The predicted octanol–water partition coefficient (Wildman–Crippen LogP) is 0.234. The first-order valence-corrected chi connectivity index (χ1v) is 5.90. The molecule has 5 nitrogen and oxygen atoms in total. The summed E-state index contributed by atoms with van der Waals surface area (Å²) in [6.45, 7) is 6.11. The smallest absolute Gasteiger partial charge is 0.239 e. The van der Waals surface area contributed by atoms with Crippen LogP contribution in [0.25, 0.3) is 0 Å². The summed E-state index contributed by atoms with van der Waals surface area (Å²) < 4.78 is 0. The van der Waals surface area contributed by atoms with Crippen LogP contribution in [0, 0.1) is 6.92 Å². The second-order valence-electron chi connectivity index (χ2n) is 4.24. The number of piperazine rings is 1. The van der Waals surface area contributed by atoms with E-state index in [9.17, 15) is 4.79 Å². The molecule has 0 aromatic carbocycles. The quantitative estimate of drug-likeness (QED) is 0.786. The van der Waals surface area contributed by atoms with Crippen LogP contribution < -0.4 is 10.6 Å². The Kier molecular flexibility index (Phi) is 4.06. The molecule has 0 aliphatic carbocycles. The van der Waals surface area contributed by atoms with Gasteiger partial charge in [0.25, 0.3) is 0 Å². The Bertz CT molecular complexity index is 388. The number of pyridine rings is 1. The zero-order chi connectivity index (χ0) is 12.1. The number of anilines is 1. The largest absolute Gasteiger partial charge is 0.314 e.